The van der Waals surface area contributed by atoms with Crippen LogP contribution in [0.1, 0.15) is 52.7 Å². The van der Waals surface area contributed by atoms with Crippen molar-refractivity contribution < 1.29 is 34.4 Å². The second-order valence-electron chi connectivity index (χ2n) is 14.0. The van der Waals surface area contributed by atoms with E-state index in [1.54, 1.807) is 44.8 Å². The number of rotatable bonds is 8. The van der Waals surface area contributed by atoms with E-state index in [1.807, 2.05) is 109 Å². The molecule has 0 bridgehead atoms. The van der Waals surface area contributed by atoms with E-state index in [-0.39, 0.29) is 36.4 Å². The Morgan fingerprint density at radius 3 is 1.38 bits per heavy atom. The summed E-state index contributed by atoms with van der Waals surface area (Å²) in [5, 5.41) is 33.7. The zero-order valence-electron chi connectivity index (χ0n) is 32.5. The number of pyridine rings is 2. The fourth-order valence-corrected chi connectivity index (χ4v) is 4.72. The average molecular weight is 912 g/mol. The number of azo groups is 2. The third-order valence-corrected chi connectivity index (χ3v) is 7.68. The van der Waals surface area contributed by atoms with Crippen LogP contribution in [0.5, 0.6) is 17.2 Å². The molecule has 0 aliphatic rings. The van der Waals surface area contributed by atoms with Gasteiger partial charge in [0.1, 0.15) is 11.5 Å². The molecule has 284 valence electrons. The third-order valence-electron chi connectivity index (χ3n) is 7.68. The van der Waals surface area contributed by atoms with Crippen LogP contribution in [-0.2, 0) is 30.6 Å². The molecule has 6 aromatic rings. The number of methoxy groups -OCH3 is 2. The smallest absolute Gasteiger partial charge is 0.873 e. The van der Waals surface area contributed by atoms with E-state index < -0.39 is 0 Å². The molecule has 0 amide bonds. The van der Waals surface area contributed by atoms with Crippen molar-refractivity contribution in [2.75, 3.05) is 14.2 Å². The van der Waals surface area contributed by atoms with E-state index in [0.717, 1.165) is 22.5 Å². The van der Waals surface area contributed by atoms with Gasteiger partial charge in [-0.25, -0.2) is 9.97 Å². The summed E-state index contributed by atoms with van der Waals surface area (Å²) in [7, 11) is 3.19. The number of benzene rings is 4. The van der Waals surface area contributed by atoms with E-state index in [4.69, 9.17) is 9.47 Å². The minimum atomic E-state index is -0.255. The van der Waals surface area contributed by atoms with Crippen molar-refractivity contribution in [2.45, 2.75) is 52.4 Å². The van der Waals surface area contributed by atoms with Crippen LogP contribution in [0.25, 0.3) is 5.32 Å². The summed E-state index contributed by atoms with van der Waals surface area (Å²) < 4.78 is 10.6. The first-order valence-electron chi connectivity index (χ1n) is 17.4. The van der Waals surface area contributed by atoms with Crippen molar-refractivity contribution in [1.82, 2.24) is 9.97 Å². The first-order valence-corrected chi connectivity index (χ1v) is 17.4. The third kappa shape index (κ3) is 14.5. The van der Waals surface area contributed by atoms with Crippen molar-refractivity contribution >= 4 is 34.4 Å². The molecule has 0 saturated heterocycles. The molecule has 0 unspecified atom stereocenters. The summed E-state index contributed by atoms with van der Waals surface area (Å²) in [5.41, 5.74) is 4.27. The predicted octanol–water partition coefficient (Wildman–Crippen LogP) is 12.7. The molecule has 0 saturated carbocycles. The van der Waals surface area contributed by atoms with E-state index in [9.17, 15) is 5.11 Å². The van der Waals surface area contributed by atoms with Crippen LogP contribution in [0.3, 0.4) is 0 Å². The van der Waals surface area contributed by atoms with Gasteiger partial charge in [-0.1, -0.05) is 108 Å². The monoisotopic (exact) mass is 913 g/mol. The summed E-state index contributed by atoms with van der Waals surface area (Å²) in [6.45, 7) is 12.6. The molecule has 0 aliphatic carbocycles. The molecular weight excluding hydrogens is 865 g/mol. The SMILES string of the molecule is COc1cc([N-]c2cc(C(C)(C)C)cc(C(C)(C)C)c2[O-])cc(OC)c1.[Os+2].c1ccc(N=Nc2ccccn2)cc1.c1ccc(N=Nc2ccccn2)cc1. The van der Waals surface area contributed by atoms with Gasteiger partial charge in [0.2, 0.25) is 0 Å². The van der Waals surface area contributed by atoms with Gasteiger partial charge in [0.05, 0.1) is 25.6 Å². The molecule has 0 aliphatic heterocycles. The molecule has 0 atom stereocenters. The molecule has 2 heterocycles. The topological polar surface area (TPSA) is 131 Å². The standard InChI is InChI=1S/C22H30NO3.2C11H9N3.Os/c1-21(2,3)14-9-18(22(4,5)6)20(24)19(10-14)23-15-11-16(25-7)13-17(12-15)26-8;2*1-2-6-10(7-3-1)13-14-11-8-4-5-9-12-11;/h9-13,24H,1-8H3;2*1-9H;/q-1;;;+2/p-1. The number of nitrogens with zero attached hydrogens (tertiary/aromatic N) is 7. The molecule has 0 fully saturated rings. The zero-order valence-corrected chi connectivity index (χ0v) is 35.0. The van der Waals surface area contributed by atoms with Crippen molar-refractivity contribution in [1.29, 1.82) is 0 Å². The van der Waals surface area contributed by atoms with Crippen molar-refractivity contribution in [3.05, 3.63) is 156 Å². The fraction of sp³-hybridized carbons (Fsp3) is 0.227. The Labute approximate surface area is 337 Å². The first kappa shape index (κ1) is 43.6. The molecule has 6 rings (SSSR count). The molecular formula is C44H47N7O3Os. The Morgan fingerprint density at radius 2 is 1.00 bits per heavy atom. The molecule has 0 radical (unpaired) electrons. The largest absolute Gasteiger partial charge is 2.00 e. The molecule has 2 aromatic heterocycles. The number of hydrogen-bond acceptors (Lipinski definition) is 9. The first-order chi connectivity index (χ1) is 25.9. The van der Waals surface area contributed by atoms with Gasteiger partial charge in [-0.05, 0) is 77.1 Å². The maximum absolute atomic E-state index is 13.1. The van der Waals surface area contributed by atoms with Crippen LogP contribution < -0.4 is 14.6 Å². The second kappa shape index (κ2) is 21.2. The Bertz CT molecular complexity index is 1900. The van der Waals surface area contributed by atoms with Crippen LogP contribution >= 0.6 is 0 Å². The Kier molecular flexibility index (Phi) is 16.8. The number of hydrogen-bond donors (Lipinski definition) is 0. The van der Waals surface area contributed by atoms with Gasteiger partial charge in [-0.15, -0.1) is 37.6 Å². The van der Waals surface area contributed by atoms with Gasteiger partial charge >= 0.3 is 19.8 Å². The minimum Gasteiger partial charge on any atom is -0.873 e. The fourth-order valence-electron chi connectivity index (χ4n) is 4.72. The van der Waals surface area contributed by atoms with Crippen LogP contribution in [0.4, 0.5) is 34.4 Å². The summed E-state index contributed by atoms with van der Waals surface area (Å²) >= 11 is 0. The molecule has 11 heteroatoms. The normalized spacial score (nSPS) is 11.1. The Hall–Kier alpha value is -5.78. The number of ether oxygens (including phenoxy) is 2. The summed E-state index contributed by atoms with van der Waals surface area (Å²) in [5.74, 6) is 2.48. The van der Waals surface area contributed by atoms with E-state index in [1.165, 1.54) is 0 Å². The molecule has 55 heavy (non-hydrogen) atoms. The Morgan fingerprint density at radius 1 is 0.545 bits per heavy atom. The maximum atomic E-state index is 13.1. The number of aromatic nitrogens is 2. The molecule has 10 nitrogen and oxygen atoms in total. The van der Waals surface area contributed by atoms with Crippen molar-refractivity contribution in [3.63, 3.8) is 0 Å². The van der Waals surface area contributed by atoms with Crippen LogP contribution in [-0.4, -0.2) is 24.2 Å². The maximum Gasteiger partial charge on any atom is 2.00 e. The van der Waals surface area contributed by atoms with Crippen LogP contribution in [0.15, 0.2) is 160 Å². The van der Waals surface area contributed by atoms with Gasteiger partial charge in [0, 0.05) is 18.5 Å². The van der Waals surface area contributed by atoms with E-state index in [0.29, 0.717) is 34.5 Å². The summed E-state index contributed by atoms with van der Waals surface area (Å²) in [4.78, 5) is 8.07. The van der Waals surface area contributed by atoms with Gasteiger partial charge in [0.25, 0.3) is 0 Å². The molecule has 0 N–H and O–H groups in total. The molecule has 0 spiro atoms. The van der Waals surface area contributed by atoms with Gasteiger partial charge < -0.3 is 19.9 Å². The summed E-state index contributed by atoms with van der Waals surface area (Å²) in [6, 6.07) is 39.5. The minimum absolute atomic E-state index is 0. The quantitative estimate of drug-likeness (QED) is 0.140. The second-order valence-corrected chi connectivity index (χ2v) is 14.0. The summed E-state index contributed by atoms with van der Waals surface area (Å²) in [6.07, 6.45) is 3.39. The van der Waals surface area contributed by atoms with Gasteiger partial charge in [-0.2, -0.15) is 0 Å². The average Bonchev–Trinajstić information content (AvgIpc) is 3.18. The predicted molar refractivity (Wildman–Crippen MR) is 215 cm³/mol. The van der Waals surface area contributed by atoms with Gasteiger partial charge in [-0.3, -0.25) is 0 Å². The van der Waals surface area contributed by atoms with Crippen molar-refractivity contribution in [3.8, 4) is 17.2 Å². The molecule has 4 aromatic carbocycles. The zero-order chi connectivity index (χ0) is 39.0. The van der Waals surface area contributed by atoms with Crippen molar-refractivity contribution in [2.24, 2.45) is 20.5 Å². The van der Waals surface area contributed by atoms with Crippen LogP contribution in [0, 0.1) is 0 Å². The van der Waals surface area contributed by atoms with E-state index >= 15 is 0 Å². The van der Waals surface area contributed by atoms with Crippen LogP contribution in [0.2, 0.25) is 0 Å². The Balaban J connectivity index is 0.000000237. The van der Waals surface area contributed by atoms with E-state index in [2.05, 4.69) is 77.3 Å². The van der Waals surface area contributed by atoms with Gasteiger partial charge in [0.15, 0.2) is 11.6 Å².